The van der Waals surface area contributed by atoms with Crippen molar-refractivity contribution in [3.63, 3.8) is 0 Å². The molecular formula is C22H34O7S. The molecule has 0 unspecified atom stereocenters. The third-order valence-electron chi connectivity index (χ3n) is 5.35. The molecule has 0 amide bonds. The number of rotatable bonds is 9. The number of methoxy groups -OCH3 is 2. The highest BCUT2D eigenvalue weighted by atomic mass is 32.2. The van der Waals surface area contributed by atoms with Crippen LogP contribution in [0.2, 0.25) is 0 Å². The van der Waals surface area contributed by atoms with Crippen LogP contribution in [0.25, 0.3) is 0 Å². The Kier molecular flexibility index (Phi) is 7.71. The van der Waals surface area contributed by atoms with E-state index in [9.17, 15) is 0 Å². The lowest BCUT2D eigenvalue weighted by Crippen LogP contribution is -2.57. The first-order valence-corrected chi connectivity index (χ1v) is 11.4. The number of hydrogen-bond donors (Lipinski definition) is 0. The van der Waals surface area contributed by atoms with Gasteiger partial charge in [-0.2, -0.15) is 0 Å². The van der Waals surface area contributed by atoms with E-state index in [4.69, 9.17) is 33.2 Å². The Balaban J connectivity index is 1.72. The van der Waals surface area contributed by atoms with Crippen LogP contribution in [0.1, 0.15) is 33.3 Å². The van der Waals surface area contributed by atoms with Crippen LogP contribution >= 0.6 is 11.8 Å². The molecule has 1 aromatic rings. The SMILES string of the molecule is COc1ccc(CO[C@@H]2[C@H]3OC(C)(C)O[C@H]3[C@@H](COC(C)(C)OC)O[C@H]2SC)cc1. The van der Waals surface area contributed by atoms with Crippen LogP contribution in [0.5, 0.6) is 5.75 Å². The molecule has 2 aliphatic rings. The molecule has 0 aliphatic carbocycles. The molecule has 30 heavy (non-hydrogen) atoms. The minimum absolute atomic E-state index is 0.207. The van der Waals surface area contributed by atoms with Gasteiger partial charge < -0.3 is 33.2 Å². The molecule has 2 saturated heterocycles. The zero-order valence-electron chi connectivity index (χ0n) is 18.9. The summed E-state index contributed by atoms with van der Waals surface area (Å²) in [5, 5.41) is 0. The average molecular weight is 443 g/mol. The maximum Gasteiger partial charge on any atom is 0.164 e. The van der Waals surface area contributed by atoms with Gasteiger partial charge in [-0.05, 0) is 51.6 Å². The Morgan fingerprint density at radius 3 is 2.33 bits per heavy atom. The fourth-order valence-electron chi connectivity index (χ4n) is 3.59. The van der Waals surface area contributed by atoms with Crippen molar-refractivity contribution < 1.29 is 33.2 Å². The molecule has 7 nitrogen and oxygen atoms in total. The molecule has 2 fully saturated rings. The zero-order chi connectivity index (χ0) is 21.9. The summed E-state index contributed by atoms with van der Waals surface area (Å²) < 4.78 is 41.6. The van der Waals surface area contributed by atoms with Crippen LogP contribution in [-0.2, 0) is 35.0 Å². The van der Waals surface area contributed by atoms with Gasteiger partial charge in [0.25, 0.3) is 0 Å². The number of ether oxygens (including phenoxy) is 7. The normalized spacial score (nSPS) is 30.8. The summed E-state index contributed by atoms with van der Waals surface area (Å²) in [5.41, 5.74) is 0.846. The number of benzene rings is 1. The second kappa shape index (κ2) is 9.73. The van der Waals surface area contributed by atoms with Crippen LogP contribution in [-0.4, -0.2) is 68.5 Å². The van der Waals surface area contributed by atoms with Crippen LogP contribution in [0, 0.1) is 0 Å². The lowest BCUT2D eigenvalue weighted by Gasteiger charge is -2.42. The highest BCUT2D eigenvalue weighted by Gasteiger charge is 2.55. The summed E-state index contributed by atoms with van der Waals surface area (Å²) in [7, 11) is 3.28. The van der Waals surface area contributed by atoms with Crippen LogP contribution < -0.4 is 4.74 Å². The predicted molar refractivity (Wildman–Crippen MR) is 115 cm³/mol. The summed E-state index contributed by atoms with van der Waals surface area (Å²) in [6.45, 7) is 8.35. The predicted octanol–water partition coefficient (Wildman–Crippen LogP) is 3.59. The first-order chi connectivity index (χ1) is 14.2. The highest BCUT2D eigenvalue weighted by Crippen LogP contribution is 2.41. The van der Waals surface area contributed by atoms with E-state index < -0.39 is 11.6 Å². The van der Waals surface area contributed by atoms with Gasteiger partial charge in [-0.15, -0.1) is 11.8 Å². The number of fused-ring (bicyclic) bond motifs is 1. The van der Waals surface area contributed by atoms with Crippen molar-refractivity contribution in [3.8, 4) is 5.75 Å². The van der Waals surface area contributed by atoms with E-state index in [1.165, 1.54) is 0 Å². The van der Waals surface area contributed by atoms with Gasteiger partial charge in [-0.25, -0.2) is 0 Å². The van der Waals surface area contributed by atoms with E-state index >= 15 is 0 Å². The lowest BCUT2D eigenvalue weighted by molar-refractivity contribution is -0.242. The Hall–Kier alpha value is -0.870. The summed E-state index contributed by atoms with van der Waals surface area (Å²) in [5.74, 6) is -0.606. The molecular weight excluding hydrogens is 408 g/mol. The lowest BCUT2D eigenvalue weighted by atomic mass is 10.00. The van der Waals surface area contributed by atoms with Gasteiger partial charge in [0.05, 0.1) is 20.3 Å². The molecule has 2 heterocycles. The van der Waals surface area contributed by atoms with Gasteiger partial charge in [0, 0.05) is 7.11 Å². The van der Waals surface area contributed by atoms with E-state index in [2.05, 4.69) is 0 Å². The van der Waals surface area contributed by atoms with E-state index in [1.807, 2.05) is 58.2 Å². The minimum atomic E-state index is -0.720. The second-order valence-electron chi connectivity index (χ2n) is 8.38. The van der Waals surface area contributed by atoms with Gasteiger partial charge in [0.15, 0.2) is 11.6 Å². The molecule has 0 spiro atoms. The van der Waals surface area contributed by atoms with Crippen LogP contribution in [0.4, 0.5) is 0 Å². The maximum absolute atomic E-state index is 6.35. The molecule has 0 N–H and O–H groups in total. The second-order valence-corrected chi connectivity index (χ2v) is 9.32. The quantitative estimate of drug-likeness (QED) is 0.538. The summed E-state index contributed by atoms with van der Waals surface area (Å²) in [4.78, 5) is 0. The zero-order valence-corrected chi connectivity index (χ0v) is 19.7. The first-order valence-electron chi connectivity index (χ1n) is 10.2. The molecule has 5 atom stereocenters. The Bertz CT molecular complexity index is 679. The van der Waals surface area contributed by atoms with Crippen molar-refractivity contribution in [2.75, 3.05) is 27.1 Å². The van der Waals surface area contributed by atoms with Crippen LogP contribution in [0.3, 0.4) is 0 Å². The first kappa shape index (κ1) is 23.8. The number of hydrogen-bond acceptors (Lipinski definition) is 8. The van der Waals surface area contributed by atoms with E-state index in [1.54, 1.807) is 26.0 Å². The highest BCUT2D eigenvalue weighted by molar-refractivity contribution is 7.99. The van der Waals surface area contributed by atoms with Gasteiger partial charge in [0.2, 0.25) is 0 Å². The standard InChI is InChI=1S/C22H34O7S/c1-21(2,24-6)26-13-16-17-18(29-22(3,4)28-17)19(20(27-16)30-7)25-12-14-8-10-15(23-5)11-9-14/h8-11,16-20H,12-13H2,1-7H3/t16-,17+,18+,19-,20+/m1/s1. The van der Waals surface area contributed by atoms with Crippen molar-refractivity contribution >= 4 is 11.8 Å². The van der Waals surface area contributed by atoms with Gasteiger partial charge in [-0.1, -0.05) is 12.1 Å². The van der Waals surface area contributed by atoms with Crippen molar-refractivity contribution in [2.24, 2.45) is 0 Å². The van der Waals surface area contributed by atoms with Crippen molar-refractivity contribution in [3.05, 3.63) is 29.8 Å². The smallest absolute Gasteiger partial charge is 0.164 e. The van der Waals surface area contributed by atoms with Gasteiger partial charge >= 0.3 is 0 Å². The third kappa shape index (κ3) is 5.68. The average Bonchev–Trinajstić information content (AvgIpc) is 3.06. The number of thioether (sulfide) groups is 1. The Labute approximate surface area is 183 Å². The van der Waals surface area contributed by atoms with Crippen molar-refractivity contribution in [2.45, 2.75) is 75.7 Å². The molecule has 3 rings (SSSR count). The molecule has 170 valence electrons. The summed E-state index contributed by atoms with van der Waals surface area (Å²) in [6.07, 6.45) is 0.887. The van der Waals surface area contributed by atoms with E-state index in [0.717, 1.165) is 11.3 Å². The molecule has 0 bridgehead atoms. The van der Waals surface area contributed by atoms with E-state index in [-0.39, 0.29) is 29.9 Å². The third-order valence-corrected chi connectivity index (χ3v) is 6.20. The summed E-state index contributed by atoms with van der Waals surface area (Å²) >= 11 is 1.60. The topological polar surface area (TPSA) is 64.6 Å². The fourth-order valence-corrected chi connectivity index (χ4v) is 4.35. The van der Waals surface area contributed by atoms with Crippen molar-refractivity contribution in [1.82, 2.24) is 0 Å². The molecule has 8 heteroatoms. The molecule has 0 saturated carbocycles. The minimum Gasteiger partial charge on any atom is -0.497 e. The molecule has 0 radical (unpaired) electrons. The van der Waals surface area contributed by atoms with Gasteiger partial charge in [0.1, 0.15) is 35.6 Å². The molecule has 0 aromatic heterocycles. The molecule has 2 aliphatic heterocycles. The van der Waals surface area contributed by atoms with Gasteiger partial charge in [-0.3, -0.25) is 0 Å². The fraction of sp³-hybridized carbons (Fsp3) is 0.727. The molecule has 1 aromatic carbocycles. The Morgan fingerprint density at radius 2 is 1.73 bits per heavy atom. The monoisotopic (exact) mass is 442 g/mol. The summed E-state index contributed by atoms with van der Waals surface area (Å²) in [6, 6.07) is 7.84. The maximum atomic E-state index is 6.35. The van der Waals surface area contributed by atoms with Crippen molar-refractivity contribution in [1.29, 1.82) is 0 Å². The van der Waals surface area contributed by atoms with E-state index in [0.29, 0.717) is 13.2 Å². The Morgan fingerprint density at radius 1 is 1.07 bits per heavy atom. The van der Waals surface area contributed by atoms with Crippen LogP contribution in [0.15, 0.2) is 24.3 Å². The largest absolute Gasteiger partial charge is 0.497 e.